The van der Waals surface area contributed by atoms with Crippen LogP contribution in [0.5, 0.6) is 5.75 Å². The highest BCUT2D eigenvalue weighted by molar-refractivity contribution is 5.79. The number of H-pyrrole nitrogens is 1. The van der Waals surface area contributed by atoms with Gasteiger partial charge in [-0.15, -0.1) is 0 Å². The van der Waals surface area contributed by atoms with Crippen LogP contribution in [0.1, 0.15) is 23.4 Å². The summed E-state index contributed by atoms with van der Waals surface area (Å²) >= 11 is 0. The van der Waals surface area contributed by atoms with Crippen molar-refractivity contribution in [1.82, 2.24) is 15.3 Å². The van der Waals surface area contributed by atoms with Crippen molar-refractivity contribution < 1.29 is 9.53 Å². The average Bonchev–Trinajstić information content (AvgIpc) is 3.00. The Kier molecular flexibility index (Phi) is 3.90. The van der Waals surface area contributed by atoms with Crippen molar-refractivity contribution in [2.45, 2.75) is 25.8 Å². The van der Waals surface area contributed by atoms with Crippen LogP contribution >= 0.6 is 0 Å². The molecule has 1 aromatic carbocycles. The lowest BCUT2D eigenvalue weighted by atomic mass is 9.89. The highest BCUT2D eigenvalue weighted by Crippen LogP contribution is 2.23. The van der Waals surface area contributed by atoms with Gasteiger partial charge in [-0.2, -0.15) is 0 Å². The second kappa shape index (κ2) is 5.99. The van der Waals surface area contributed by atoms with E-state index in [1.807, 2.05) is 24.3 Å². The number of methoxy groups -OCH3 is 1. The van der Waals surface area contributed by atoms with Gasteiger partial charge in [0.25, 0.3) is 0 Å². The minimum Gasteiger partial charge on any atom is -0.496 e. The van der Waals surface area contributed by atoms with Gasteiger partial charge in [0, 0.05) is 30.1 Å². The number of aryl methyl sites for hydroxylation is 1. The van der Waals surface area contributed by atoms with Crippen LogP contribution in [0.25, 0.3) is 0 Å². The third-order valence-corrected chi connectivity index (χ3v) is 4.00. The molecule has 110 valence electrons. The van der Waals surface area contributed by atoms with Crippen LogP contribution in [0.15, 0.2) is 30.6 Å². The monoisotopic (exact) mass is 285 g/mol. The van der Waals surface area contributed by atoms with E-state index in [1.165, 1.54) is 0 Å². The number of carbonyl (C=O) groups is 1. The lowest BCUT2D eigenvalue weighted by Crippen LogP contribution is -2.33. The molecule has 0 fully saturated rings. The Bertz CT molecular complexity index is 636. The zero-order valence-electron chi connectivity index (χ0n) is 12.1. The Morgan fingerprint density at radius 2 is 2.33 bits per heavy atom. The van der Waals surface area contributed by atoms with Crippen molar-refractivity contribution in [1.29, 1.82) is 0 Å². The first kappa shape index (κ1) is 13.7. The standard InChI is InChI=1S/C16H19N3O2/c1-21-15-5-3-2-4-12(15)9-17-16(20)11-6-7-13-14(8-11)19-10-18-13/h2-5,10-11H,6-9H2,1H3,(H,17,20)(H,18,19)/t11-/m1/s1. The molecule has 1 heterocycles. The van der Waals surface area contributed by atoms with Crippen LogP contribution in [0, 0.1) is 5.92 Å². The van der Waals surface area contributed by atoms with Crippen molar-refractivity contribution in [3.05, 3.63) is 47.5 Å². The highest BCUT2D eigenvalue weighted by atomic mass is 16.5. The summed E-state index contributed by atoms with van der Waals surface area (Å²) in [6.45, 7) is 0.495. The second-order valence-electron chi connectivity index (χ2n) is 5.30. The van der Waals surface area contributed by atoms with E-state index < -0.39 is 0 Å². The number of carbonyl (C=O) groups excluding carboxylic acids is 1. The molecule has 1 aliphatic carbocycles. The summed E-state index contributed by atoms with van der Waals surface area (Å²) in [5, 5.41) is 3.01. The molecule has 1 amide bonds. The molecule has 0 aliphatic heterocycles. The van der Waals surface area contributed by atoms with Crippen molar-refractivity contribution in [3.8, 4) is 5.75 Å². The van der Waals surface area contributed by atoms with Crippen LogP contribution in [-0.4, -0.2) is 23.0 Å². The summed E-state index contributed by atoms with van der Waals surface area (Å²) in [7, 11) is 1.64. The molecule has 1 atom stereocenters. The molecule has 0 saturated heterocycles. The number of ether oxygens (including phenoxy) is 1. The maximum atomic E-state index is 12.3. The van der Waals surface area contributed by atoms with E-state index in [1.54, 1.807) is 13.4 Å². The molecule has 1 aliphatic rings. The number of benzene rings is 1. The summed E-state index contributed by atoms with van der Waals surface area (Å²) in [5.74, 6) is 0.922. The highest BCUT2D eigenvalue weighted by Gasteiger charge is 2.26. The van der Waals surface area contributed by atoms with E-state index >= 15 is 0 Å². The number of fused-ring (bicyclic) bond motifs is 1. The fourth-order valence-electron chi connectivity index (χ4n) is 2.80. The summed E-state index contributed by atoms with van der Waals surface area (Å²) < 4.78 is 5.29. The molecule has 0 saturated carbocycles. The molecule has 0 radical (unpaired) electrons. The molecule has 0 unspecified atom stereocenters. The van der Waals surface area contributed by atoms with Crippen LogP contribution in [0.3, 0.4) is 0 Å². The van der Waals surface area contributed by atoms with Gasteiger partial charge in [-0.1, -0.05) is 18.2 Å². The quantitative estimate of drug-likeness (QED) is 0.900. The maximum Gasteiger partial charge on any atom is 0.223 e. The lowest BCUT2D eigenvalue weighted by Gasteiger charge is -2.21. The zero-order chi connectivity index (χ0) is 14.7. The molecule has 5 heteroatoms. The van der Waals surface area contributed by atoms with Gasteiger partial charge >= 0.3 is 0 Å². The number of aromatic amines is 1. The number of rotatable bonds is 4. The molecule has 3 rings (SSSR count). The Labute approximate surface area is 123 Å². The Balaban J connectivity index is 1.60. The summed E-state index contributed by atoms with van der Waals surface area (Å²) in [4.78, 5) is 19.7. The van der Waals surface area contributed by atoms with Crippen molar-refractivity contribution >= 4 is 5.91 Å². The smallest absolute Gasteiger partial charge is 0.223 e. The predicted octanol–water partition coefficient (Wildman–Crippen LogP) is 1.84. The Hall–Kier alpha value is -2.30. The van der Waals surface area contributed by atoms with Gasteiger partial charge in [0.15, 0.2) is 0 Å². The van der Waals surface area contributed by atoms with Crippen LogP contribution in [-0.2, 0) is 24.2 Å². The van der Waals surface area contributed by atoms with E-state index in [4.69, 9.17) is 4.74 Å². The van der Waals surface area contributed by atoms with Crippen LogP contribution in [0.2, 0.25) is 0 Å². The van der Waals surface area contributed by atoms with Crippen LogP contribution in [0.4, 0.5) is 0 Å². The van der Waals surface area contributed by atoms with Crippen LogP contribution < -0.4 is 10.1 Å². The Morgan fingerprint density at radius 3 is 3.19 bits per heavy atom. The molecule has 2 N–H and O–H groups in total. The van der Waals surface area contributed by atoms with Gasteiger partial charge in [-0.3, -0.25) is 4.79 Å². The number of aromatic nitrogens is 2. The molecule has 2 aromatic rings. The van der Waals surface area contributed by atoms with Crippen molar-refractivity contribution in [3.63, 3.8) is 0 Å². The fraction of sp³-hybridized carbons (Fsp3) is 0.375. The van der Waals surface area contributed by atoms with Gasteiger partial charge in [0.1, 0.15) is 5.75 Å². The number of hydrogen-bond donors (Lipinski definition) is 2. The van der Waals surface area contributed by atoms with Crippen molar-refractivity contribution in [2.75, 3.05) is 7.11 Å². The fourth-order valence-corrected chi connectivity index (χ4v) is 2.80. The largest absolute Gasteiger partial charge is 0.496 e. The van der Waals surface area contributed by atoms with Gasteiger partial charge in [-0.25, -0.2) is 4.98 Å². The van der Waals surface area contributed by atoms with E-state index in [0.29, 0.717) is 6.54 Å². The second-order valence-corrected chi connectivity index (χ2v) is 5.30. The maximum absolute atomic E-state index is 12.3. The number of para-hydroxylation sites is 1. The average molecular weight is 285 g/mol. The normalized spacial score (nSPS) is 17.1. The van der Waals surface area contributed by atoms with E-state index in [2.05, 4.69) is 15.3 Å². The van der Waals surface area contributed by atoms with Crippen molar-refractivity contribution in [2.24, 2.45) is 5.92 Å². The lowest BCUT2D eigenvalue weighted by molar-refractivity contribution is -0.125. The zero-order valence-corrected chi connectivity index (χ0v) is 12.1. The first-order valence-electron chi connectivity index (χ1n) is 7.18. The first-order valence-corrected chi connectivity index (χ1v) is 7.18. The minimum absolute atomic E-state index is 0.0210. The van der Waals surface area contributed by atoms with Gasteiger partial charge in [0.2, 0.25) is 5.91 Å². The number of hydrogen-bond acceptors (Lipinski definition) is 3. The number of amides is 1. The number of nitrogens with zero attached hydrogens (tertiary/aromatic N) is 1. The third kappa shape index (κ3) is 2.91. The van der Waals surface area contributed by atoms with Gasteiger partial charge in [0.05, 0.1) is 19.1 Å². The van der Waals surface area contributed by atoms with E-state index in [0.717, 1.165) is 42.0 Å². The third-order valence-electron chi connectivity index (χ3n) is 4.00. The molecule has 1 aromatic heterocycles. The minimum atomic E-state index is 0.0210. The van der Waals surface area contributed by atoms with Gasteiger partial charge in [-0.05, 0) is 18.9 Å². The SMILES string of the molecule is COc1ccccc1CNC(=O)[C@@H]1CCc2nc[nH]c2C1. The molecule has 0 bridgehead atoms. The predicted molar refractivity (Wildman–Crippen MR) is 78.9 cm³/mol. The van der Waals surface area contributed by atoms with E-state index in [9.17, 15) is 4.79 Å². The molecule has 0 spiro atoms. The molecular weight excluding hydrogens is 266 g/mol. The van der Waals surface area contributed by atoms with Gasteiger partial charge < -0.3 is 15.0 Å². The molecular formula is C16H19N3O2. The molecule has 5 nitrogen and oxygen atoms in total. The summed E-state index contributed by atoms with van der Waals surface area (Å²) in [6, 6.07) is 7.73. The number of nitrogens with one attached hydrogen (secondary N) is 2. The first-order chi connectivity index (χ1) is 10.3. The summed E-state index contributed by atoms with van der Waals surface area (Å²) in [5.41, 5.74) is 3.19. The number of imidazole rings is 1. The molecule has 21 heavy (non-hydrogen) atoms. The van der Waals surface area contributed by atoms with E-state index in [-0.39, 0.29) is 11.8 Å². The summed E-state index contributed by atoms with van der Waals surface area (Å²) in [6.07, 6.45) is 4.17. The Morgan fingerprint density at radius 1 is 1.48 bits per heavy atom. The topological polar surface area (TPSA) is 67.0 Å².